The van der Waals surface area contributed by atoms with Gasteiger partial charge in [0.25, 0.3) is 5.69 Å². The summed E-state index contributed by atoms with van der Waals surface area (Å²) in [5, 5.41) is 14.5. The molecule has 3 rings (SSSR count). The summed E-state index contributed by atoms with van der Waals surface area (Å²) in [5.74, 6) is -2.00. The highest BCUT2D eigenvalue weighted by atomic mass is 35.5. The zero-order chi connectivity index (χ0) is 24.8. The van der Waals surface area contributed by atoms with Crippen molar-refractivity contribution in [2.24, 2.45) is 0 Å². The van der Waals surface area contributed by atoms with Gasteiger partial charge >= 0.3 is 11.9 Å². The number of carbonyl (C=O) groups excluding carboxylic acids is 2. The summed E-state index contributed by atoms with van der Waals surface area (Å²) in [6.45, 7) is 9.85. The Kier molecular flexibility index (Phi) is 12.4. The van der Waals surface area contributed by atoms with E-state index in [1.165, 1.54) is 12.1 Å². The normalized spacial score (nSPS) is 18.5. The predicted octanol–water partition coefficient (Wildman–Crippen LogP) is 3.03. The summed E-state index contributed by atoms with van der Waals surface area (Å²) in [7, 11) is 2.08. The highest BCUT2D eigenvalue weighted by Crippen LogP contribution is 2.40. The Morgan fingerprint density at radius 3 is 2.19 bits per heavy atom. The van der Waals surface area contributed by atoms with Crippen molar-refractivity contribution in [3.05, 3.63) is 62.5 Å². The van der Waals surface area contributed by atoms with Crippen LogP contribution in [0.1, 0.15) is 32.3 Å². The highest BCUT2D eigenvalue weighted by Gasteiger charge is 2.38. The van der Waals surface area contributed by atoms with E-state index in [0.29, 0.717) is 23.5 Å². The first-order valence-electron chi connectivity index (χ1n) is 11.4. The molecule has 2 aliphatic heterocycles. The van der Waals surface area contributed by atoms with E-state index in [4.69, 9.17) is 9.47 Å². The van der Waals surface area contributed by atoms with Gasteiger partial charge in [0, 0.05) is 56.3 Å². The number of carbonyl (C=O) groups is 2. The molecule has 0 amide bonds. The van der Waals surface area contributed by atoms with E-state index in [1.54, 1.807) is 32.9 Å². The van der Waals surface area contributed by atoms with Crippen LogP contribution < -0.4 is 5.32 Å². The zero-order valence-corrected chi connectivity index (χ0v) is 22.6. The van der Waals surface area contributed by atoms with Crippen LogP contribution in [0.15, 0.2) is 46.8 Å². The molecule has 1 unspecified atom stereocenters. The molecule has 1 atom stereocenters. The first-order valence-corrected chi connectivity index (χ1v) is 11.4. The number of esters is 2. The molecule has 1 aromatic rings. The molecular formula is C24H34Cl2N4O6. The smallest absolute Gasteiger partial charge is 0.336 e. The van der Waals surface area contributed by atoms with Crippen molar-refractivity contribution in [3.8, 4) is 0 Å². The Hall–Kier alpha value is -2.66. The summed E-state index contributed by atoms with van der Waals surface area (Å²) >= 11 is 0. The average molecular weight is 545 g/mol. The fourth-order valence-corrected chi connectivity index (χ4v) is 4.31. The van der Waals surface area contributed by atoms with E-state index in [9.17, 15) is 19.7 Å². The van der Waals surface area contributed by atoms with E-state index < -0.39 is 22.8 Å². The van der Waals surface area contributed by atoms with Crippen molar-refractivity contribution in [1.82, 2.24) is 15.1 Å². The summed E-state index contributed by atoms with van der Waals surface area (Å²) in [4.78, 5) is 41.5. The van der Waals surface area contributed by atoms with Gasteiger partial charge in [-0.25, -0.2) is 9.59 Å². The molecule has 10 nitrogen and oxygen atoms in total. The van der Waals surface area contributed by atoms with Gasteiger partial charge in [0.05, 0.1) is 28.6 Å². The van der Waals surface area contributed by atoms with Gasteiger partial charge in [-0.2, -0.15) is 0 Å². The van der Waals surface area contributed by atoms with E-state index in [-0.39, 0.29) is 54.9 Å². The van der Waals surface area contributed by atoms with Crippen LogP contribution in [0.25, 0.3) is 0 Å². The lowest BCUT2D eigenvalue weighted by molar-refractivity contribution is -0.384. The molecule has 0 aromatic heterocycles. The van der Waals surface area contributed by atoms with Gasteiger partial charge in [0.1, 0.15) is 6.61 Å². The molecule has 0 aliphatic carbocycles. The van der Waals surface area contributed by atoms with Crippen LogP contribution in [0.5, 0.6) is 0 Å². The third kappa shape index (κ3) is 7.42. The maximum Gasteiger partial charge on any atom is 0.336 e. The molecule has 0 saturated carbocycles. The Labute approximate surface area is 223 Å². The van der Waals surface area contributed by atoms with Gasteiger partial charge in [-0.3, -0.25) is 15.0 Å². The molecule has 2 heterocycles. The number of hydrogen-bond donors (Lipinski definition) is 1. The molecular weight excluding hydrogens is 511 g/mol. The van der Waals surface area contributed by atoms with Crippen molar-refractivity contribution in [1.29, 1.82) is 0 Å². The molecule has 36 heavy (non-hydrogen) atoms. The number of piperazine rings is 1. The number of allylic oxidation sites excluding steroid dienone is 2. The van der Waals surface area contributed by atoms with Crippen molar-refractivity contribution in [2.45, 2.75) is 26.7 Å². The lowest BCUT2D eigenvalue weighted by Crippen LogP contribution is -2.45. The fourth-order valence-electron chi connectivity index (χ4n) is 4.31. The van der Waals surface area contributed by atoms with Crippen LogP contribution in [0.3, 0.4) is 0 Å². The first-order chi connectivity index (χ1) is 16.2. The number of dihydropyridines is 1. The molecule has 0 radical (unpaired) electrons. The topological polar surface area (TPSA) is 114 Å². The standard InChI is InChI=1S/C24H32N4O6.2ClH/c1-5-33-23(29)20-16(2)25-17(3)21(22(20)18-7-6-8-19(15-18)28(31)32)24(30)34-14-13-27-11-9-26(4)10-12-27;;/h6-8,15,22,25H,5,9-14H2,1-4H3;2*1H. The number of nitro benzene ring substituents is 1. The summed E-state index contributed by atoms with van der Waals surface area (Å²) in [6, 6.07) is 5.96. The van der Waals surface area contributed by atoms with Crippen LogP contribution in [0, 0.1) is 10.1 Å². The van der Waals surface area contributed by atoms with Crippen LogP contribution in [0.4, 0.5) is 5.69 Å². The molecule has 0 spiro atoms. The van der Waals surface area contributed by atoms with E-state index in [0.717, 1.165) is 26.2 Å². The largest absolute Gasteiger partial charge is 0.463 e. The summed E-state index contributed by atoms with van der Waals surface area (Å²) < 4.78 is 10.9. The quantitative estimate of drug-likeness (QED) is 0.299. The number of nitro groups is 1. The SMILES string of the molecule is CCOC(=O)C1=C(C)NC(C)=C(C(=O)OCCN2CCN(C)CC2)C1c1cccc([N+](=O)[O-])c1.Cl.Cl. The zero-order valence-electron chi connectivity index (χ0n) is 20.9. The number of hydrogen-bond acceptors (Lipinski definition) is 9. The molecule has 1 saturated heterocycles. The molecule has 2 aliphatic rings. The van der Waals surface area contributed by atoms with Crippen LogP contribution in [0.2, 0.25) is 0 Å². The van der Waals surface area contributed by atoms with Crippen molar-refractivity contribution in [2.75, 3.05) is 53.0 Å². The number of nitrogens with one attached hydrogen (secondary N) is 1. The lowest BCUT2D eigenvalue weighted by Gasteiger charge is -2.32. The molecule has 1 N–H and O–H groups in total. The monoisotopic (exact) mass is 544 g/mol. The Bertz CT molecular complexity index is 1020. The van der Waals surface area contributed by atoms with E-state index in [1.807, 2.05) is 0 Å². The van der Waals surface area contributed by atoms with Gasteiger partial charge in [-0.05, 0) is 33.4 Å². The number of rotatable bonds is 8. The van der Waals surface area contributed by atoms with Gasteiger partial charge in [-0.15, -0.1) is 24.8 Å². The second-order valence-electron chi connectivity index (χ2n) is 8.49. The third-order valence-electron chi connectivity index (χ3n) is 6.13. The Morgan fingerprint density at radius 1 is 1.06 bits per heavy atom. The molecule has 1 aromatic carbocycles. The fraction of sp³-hybridized carbons (Fsp3) is 0.500. The molecule has 0 bridgehead atoms. The Balaban J connectivity index is 0.00000324. The number of halogens is 2. The minimum absolute atomic E-state index is 0. The van der Waals surface area contributed by atoms with Crippen molar-refractivity contribution < 1.29 is 24.0 Å². The second kappa shape index (κ2) is 14.2. The minimum atomic E-state index is -0.851. The number of likely N-dealkylation sites (N-methyl/N-ethyl adjacent to an activating group) is 1. The van der Waals surface area contributed by atoms with Gasteiger partial charge in [0.2, 0.25) is 0 Å². The van der Waals surface area contributed by atoms with Crippen molar-refractivity contribution in [3.63, 3.8) is 0 Å². The number of ether oxygens (including phenoxy) is 2. The van der Waals surface area contributed by atoms with Gasteiger partial charge in [0.15, 0.2) is 0 Å². The van der Waals surface area contributed by atoms with E-state index >= 15 is 0 Å². The molecule has 12 heteroatoms. The van der Waals surface area contributed by atoms with Gasteiger partial charge in [-0.1, -0.05) is 12.1 Å². The Morgan fingerprint density at radius 2 is 1.64 bits per heavy atom. The van der Waals surface area contributed by atoms with Gasteiger partial charge < -0.3 is 19.7 Å². The van der Waals surface area contributed by atoms with Crippen molar-refractivity contribution >= 4 is 42.4 Å². The average Bonchev–Trinajstić information content (AvgIpc) is 2.80. The minimum Gasteiger partial charge on any atom is -0.463 e. The third-order valence-corrected chi connectivity index (χ3v) is 6.13. The lowest BCUT2D eigenvalue weighted by atomic mass is 9.80. The maximum atomic E-state index is 13.3. The van der Waals surface area contributed by atoms with E-state index in [2.05, 4.69) is 22.2 Å². The predicted molar refractivity (Wildman–Crippen MR) is 140 cm³/mol. The highest BCUT2D eigenvalue weighted by molar-refractivity contribution is 6.00. The first kappa shape index (κ1) is 31.4. The summed E-state index contributed by atoms with van der Waals surface area (Å²) in [5.41, 5.74) is 1.86. The summed E-state index contributed by atoms with van der Waals surface area (Å²) in [6.07, 6.45) is 0. The van der Waals surface area contributed by atoms with Crippen LogP contribution in [-0.2, 0) is 19.1 Å². The second-order valence-corrected chi connectivity index (χ2v) is 8.49. The molecule has 200 valence electrons. The maximum absolute atomic E-state index is 13.3. The number of benzene rings is 1. The van der Waals surface area contributed by atoms with Crippen LogP contribution in [-0.4, -0.2) is 79.6 Å². The number of nitrogens with zero attached hydrogens (tertiary/aromatic N) is 3. The van der Waals surface area contributed by atoms with Crippen LogP contribution >= 0.6 is 24.8 Å². The number of non-ortho nitro benzene ring substituents is 1. The molecule has 1 fully saturated rings.